The number of hydrogen-bond donors (Lipinski definition) is 1. The van der Waals surface area contributed by atoms with Gasteiger partial charge in [0.2, 0.25) is 0 Å². The molecule has 9 heteroatoms. The van der Waals surface area contributed by atoms with Gasteiger partial charge in [0.05, 0.1) is 13.7 Å². The van der Waals surface area contributed by atoms with Gasteiger partial charge in [0, 0.05) is 37.7 Å². The van der Waals surface area contributed by atoms with Crippen LogP contribution >= 0.6 is 70.9 Å². The summed E-state index contributed by atoms with van der Waals surface area (Å²) in [5.74, 6) is 0. The van der Waals surface area contributed by atoms with E-state index in [1.807, 2.05) is 48.5 Å². The van der Waals surface area contributed by atoms with Gasteiger partial charge in [0.15, 0.2) is 0 Å². The lowest BCUT2D eigenvalue weighted by atomic mass is 10.2. The van der Waals surface area contributed by atoms with Gasteiger partial charge in [-0.05, 0) is 103 Å². The zero-order valence-corrected chi connectivity index (χ0v) is 23.1. The molecule has 0 unspecified atom stereocenters. The Bertz CT molecular complexity index is 878. The molecule has 0 aliphatic rings. The topological polar surface area (TPSA) is 63.1 Å². The van der Waals surface area contributed by atoms with E-state index in [2.05, 4.69) is 73.7 Å². The van der Waals surface area contributed by atoms with Crippen LogP contribution in [0.5, 0.6) is 0 Å². The fourth-order valence-corrected chi connectivity index (χ4v) is 3.77. The normalized spacial score (nSPS) is 10.3. The van der Waals surface area contributed by atoms with Crippen molar-refractivity contribution >= 4 is 70.9 Å². The summed E-state index contributed by atoms with van der Waals surface area (Å²) in [5, 5.41) is 8.61. The van der Waals surface area contributed by atoms with Crippen LogP contribution < -0.4 is 0 Å². The zero-order chi connectivity index (χ0) is 21.9. The first-order valence-corrected chi connectivity index (χ1v) is 14.3. The van der Waals surface area contributed by atoms with E-state index in [-0.39, 0.29) is 6.61 Å². The molecule has 29 heavy (non-hydrogen) atoms. The van der Waals surface area contributed by atoms with Crippen molar-refractivity contribution in [1.82, 2.24) is 9.97 Å². The van der Waals surface area contributed by atoms with Gasteiger partial charge in [-0.3, -0.25) is 4.98 Å². The monoisotopic (exact) mass is 668 g/mol. The number of benzene rings is 1. The van der Waals surface area contributed by atoms with E-state index in [0.29, 0.717) is 6.16 Å². The number of aliphatic hydroxyl groups excluding tert-OH is 1. The Morgan fingerprint density at radius 2 is 1.31 bits per heavy atom. The summed E-state index contributed by atoms with van der Waals surface area (Å²) >= 11 is 13.1. The third-order valence-corrected chi connectivity index (χ3v) is 6.14. The van der Waals surface area contributed by atoms with Crippen molar-refractivity contribution in [2.24, 2.45) is 0 Å². The third-order valence-electron chi connectivity index (χ3n) is 3.12. The molecule has 2 heterocycles. The molecule has 0 fully saturated rings. The highest BCUT2D eigenvalue weighted by Gasteiger charge is 2.08. The molecule has 0 atom stereocenters. The molecule has 0 radical (unpaired) electrons. The van der Waals surface area contributed by atoms with Gasteiger partial charge in [0.25, 0.3) is 0 Å². The molecule has 156 valence electrons. The lowest BCUT2D eigenvalue weighted by Crippen LogP contribution is -1.89. The first-order chi connectivity index (χ1) is 13.6. The fraction of sp³-hybridized carbons (Fsp3) is 0.200. The highest BCUT2D eigenvalue weighted by molar-refractivity contribution is 9.11. The van der Waals surface area contributed by atoms with Gasteiger partial charge in [-0.15, -0.1) is 0 Å². The molecule has 0 amide bonds. The quantitative estimate of drug-likeness (QED) is 0.231. The van der Waals surface area contributed by atoms with Crippen molar-refractivity contribution in [3.05, 3.63) is 90.2 Å². The van der Waals surface area contributed by atoms with Gasteiger partial charge in [-0.25, -0.2) is 4.98 Å². The second-order valence-electron chi connectivity index (χ2n) is 6.28. The van der Waals surface area contributed by atoms with E-state index in [0.717, 1.165) is 29.3 Å². The van der Waals surface area contributed by atoms with Crippen LogP contribution in [0.25, 0.3) is 0 Å². The number of halogens is 4. The summed E-state index contributed by atoms with van der Waals surface area (Å²) in [6.45, 7) is 3.67. The summed E-state index contributed by atoms with van der Waals surface area (Å²) < 4.78 is 15.3. The van der Waals surface area contributed by atoms with Crippen LogP contribution in [-0.4, -0.2) is 28.4 Å². The number of aromatic nitrogens is 2. The van der Waals surface area contributed by atoms with Gasteiger partial charge >= 0.3 is 0 Å². The average Bonchev–Trinajstić information content (AvgIpc) is 2.67. The summed E-state index contributed by atoms with van der Waals surface area (Å²) in [6.07, 6.45) is 4.05. The molecule has 0 spiro atoms. The minimum Gasteiger partial charge on any atom is -0.392 e. The van der Waals surface area contributed by atoms with Crippen molar-refractivity contribution in [2.75, 3.05) is 13.3 Å². The van der Waals surface area contributed by atoms with Gasteiger partial charge in [-0.1, -0.05) is 28.1 Å². The molecule has 1 N–H and O–H groups in total. The molecule has 0 aliphatic carbocycles. The second-order valence-corrected chi connectivity index (χ2v) is 13.3. The minimum absolute atomic E-state index is 0.118. The first kappa shape index (κ1) is 26.7. The Morgan fingerprint density at radius 3 is 1.69 bits per heavy atom. The zero-order valence-electron chi connectivity index (χ0n) is 15.9. The molecular formula is C20H21Br4N2O2P. The van der Waals surface area contributed by atoms with Gasteiger partial charge in [0.1, 0.15) is 4.60 Å². The summed E-state index contributed by atoms with van der Waals surface area (Å²) in [6, 6.07) is 15.2. The van der Waals surface area contributed by atoms with Crippen LogP contribution in [0.2, 0.25) is 0 Å². The standard InChI is InChI=1S/C8H11BrNOP.C7H7BrO.C5H3Br2N/c1-12(2,11)6-8-4-3-7(9)5-10-8;8-7-3-1-6(5-9)2-4-7;6-4-1-2-5(7)8-3-4/h3-5H,6H2,1-2H3;1-4,9H,5H2;1-3H. The van der Waals surface area contributed by atoms with E-state index >= 15 is 0 Å². The molecule has 0 saturated heterocycles. The Kier molecular flexibility index (Phi) is 12.7. The van der Waals surface area contributed by atoms with Crippen molar-refractivity contribution in [3.8, 4) is 0 Å². The second kappa shape index (κ2) is 13.8. The van der Waals surface area contributed by atoms with Crippen LogP contribution in [-0.2, 0) is 17.3 Å². The summed E-state index contributed by atoms with van der Waals surface area (Å²) in [7, 11) is -1.98. The molecule has 3 rings (SSSR count). The number of pyridine rings is 2. The van der Waals surface area contributed by atoms with E-state index < -0.39 is 7.14 Å². The van der Waals surface area contributed by atoms with Crippen LogP contribution in [0.1, 0.15) is 11.3 Å². The first-order valence-electron chi connectivity index (χ1n) is 8.36. The number of nitrogens with zero attached hydrogens (tertiary/aromatic N) is 2. The van der Waals surface area contributed by atoms with Crippen LogP contribution in [0.3, 0.4) is 0 Å². The number of aliphatic hydroxyl groups is 1. The third kappa shape index (κ3) is 13.5. The van der Waals surface area contributed by atoms with E-state index in [4.69, 9.17) is 5.11 Å². The predicted molar refractivity (Wildman–Crippen MR) is 135 cm³/mol. The number of rotatable bonds is 3. The van der Waals surface area contributed by atoms with Crippen molar-refractivity contribution < 1.29 is 9.67 Å². The molecular weight excluding hydrogens is 651 g/mol. The van der Waals surface area contributed by atoms with E-state index in [9.17, 15) is 4.57 Å². The van der Waals surface area contributed by atoms with Crippen LogP contribution in [0, 0.1) is 0 Å². The Labute approximate surface area is 205 Å². The maximum absolute atomic E-state index is 11.4. The van der Waals surface area contributed by atoms with Crippen LogP contribution in [0.4, 0.5) is 0 Å². The Balaban J connectivity index is 0.000000223. The lowest BCUT2D eigenvalue weighted by Gasteiger charge is -2.04. The van der Waals surface area contributed by atoms with Crippen molar-refractivity contribution in [1.29, 1.82) is 0 Å². The Morgan fingerprint density at radius 1 is 0.793 bits per heavy atom. The molecule has 1 aromatic carbocycles. The largest absolute Gasteiger partial charge is 0.392 e. The Hall–Kier alpha value is -0.370. The molecule has 3 aromatic rings. The van der Waals surface area contributed by atoms with Crippen molar-refractivity contribution in [2.45, 2.75) is 12.8 Å². The smallest absolute Gasteiger partial charge is 0.106 e. The molecule has 2 aromatic heterocycles. The summed E-state index contributed by atoms with van der Waals surface area (Å²) in [4.78, 5) is 8.09. The maximum Gasteiger partial charge on any atom is 0.106 e. The van der Waals surface area contributed by atoms with Crippen LogP contribution in [0.15, 0.2) is 78.9 Å². The maximum atomic E-state index is 11.4. The fourth-order valence-electron chi connectivity index (χ4n) is 1.84. The van der Waals surface area contributed by atoms with Gasteiger partial charge < -0.3 is 9.67 Å². The van der Waals surface area contributed by atoms with E-state index in [1.165, 1.54) is 0 Å². The predicted octanol–water partition coefficient (Wildman–Crippen LogP) is 7.51. The molecule has 0 aliphatic heterocycles. The van der Waals surface area contributed by atoms with E-state index in [1.54, 1.807) is 25.7 Å². The molecule has 0 bridgehead atoms. The average molecular weight is 672 g/mol. The number of hydrogen-bond acceptors (Lipinski definition) is 4. The molecule has 4 nitrogen and oxygen atoms in total. The molecule has 0 saturated carbocycles. The lowest BCUT2D eigenvalue weighted by molar-refractivity contribution is 0.282. The van der Waals surface area contributed by atoms with Crippen molar-refractivity contribution in [3.63, 3.8) is 0 Å². The highest BCUT2D eigenvalue weighted by atomic mass is 79.9. The minimum atomic E-state index is -1.98. The van der Waals surface area contributed by atoms with Gasteiger partial charge in [-0.2, -0.15) is 0 Å². The summed E-state index contributed by atoms with van der Waals surface area (Å²) in [5.41, 5.74) is 1.84. The highest BCUT2D eigenvalue weighted by Crippen LogP contribution is 2.39. The SMILES string of the molecule is Brc1ccc(Br)nc1.CP(C)(=O)Cc1ccc(Br)cn1.OCc1ccc(Br)cc1.